The van der Waals surface area contributed by atoms with Gasteiger partial charge >= 0.3 is 0 Å². The van der Waals surface area contributed by atoms with Gasteiger partial charge in [-0.05, 0) is 27.9 Å². The molecule has 0 aliphatic heterocycles. The fourth-order valence-corrected chi connectivity index (χ4v) is 3.44. The number of nitrogens with one attached hydrogen (secondary N) is 1. The number of likely N-dealkylation sites (N-methyl/N-ethyl adjacent to an activating group) is 1. The van der Waals surface area contributed by atoms with E-state index >= 15 is 0 Å². The third-order valence-corrected chi connectivity index (χ3v) is 4.67. The van der Waals surface area contributed by atoms with Gasteiger partial charge in [-0.15, -0.1) is 0 Å². The molecule has 0 aliphatic rings. The van der Waals surface area contributed by atoms with Crippen LogP contribution in [0.1, 0.15) is 17.1 Å². The monoisotopic (exact) mass is 319 g/mol. The van der Waals surface area contributed by atoms with Gasteiger partial charge in [0.1, 0.15) is 16.4 Å². The Morgan fingerprint density at radius 2 is 1.90 bits per heavy atom. The summed E-state index contributed by atoms with van der Waals surface area (Å²) in [7, 11) is 0.267. The van der Waals surface area contributed by atoms with Gasteiger partial charge in [-0.1, -0.05) is 0 Å². The average molecular weight is 319 g/mol. The first-order valence-electron chi connectivity index (χ1n) is 6.80. The quantitative estimate of drug-likeness (QED) is 0.632. The van der Waals surface area contributed by atoms with E-state index in [-0.39, 0.29) is 18.0 Å². The summed E-state index contributed by atoms with van der Waals surface area (Å²) in [5.74, 6) is 0.895. The molecule has 1 heterocycles. The molecule has 122 valence electrons. The van der Waals surface area contributed by atoms with E-state index in [1.165, 1.54) is 0 Å². The van der Waals surface area contributed by atoms with E-state index in [0.29, 0.717) is 30.3 Å². The van der Waals surface area contributed by atoms with E-state index in [1.54, 1.807) is 13.8 Å². The highest BCUT2D eigenvalue weighted by atomic mass is 32.2. The maximum absolute atomic E-state index is 12.3. The highest BCUT2D eigenvalue weighted by molar-refractivity contribution is 7.89. The van der Waals surface area contributed by atoms with Crippen LogP contribution in [0.3, 0.4) is 0 Å². The summed E-state index contributed by atoms with van der Waals surface area (Å²) >= 11 is 0. The molecule has 1 aromatic rings. The van der Waals surface area contributed by atoms with Crippen molar-refractivity contribution < 1.29 is 17.6 Å². The van der Waals surface area contributed by atoms with Gasteiger partial charge in [0.2, 0.25) is 10.0 Å². The van der Waals surface area contributed by atoms with Crippen LogP contribution >= 0.6 is 0 Å². The number of nitrogens with zero attached hydrogens (tertiary/aromatic N) is 1. The Balaban J connectivity index is 2.58. The zero-order valence-corrected chi connectivity index (χ0v) is 13.9. The van der Waals surface area contributed by atoms with Crippen LogP contribution in [0, 0.1) is 13.8 Å². The number of hydrogen-bond acceptors (Lipinski definition) is 6. The van der Waals surface area contributed by atoms with Crippen LogP contribution in [0.4, 0.5) is 0 Å². The first-order valence-corrected chi connectivity index (χ1v) is 8.29. The topological polar surface area (TPSA) is 97.8 Å². The summed E-state index contributed by atoms with van der Waals surface area (Å²) in [6.45, 7) is 5.34. The van der Waals surface area contributed by atoms with Gasteiger partial charge in [0, 0.05) is 25.2 Å². The summed E-state index contributed by atoms with van der Waals surface area (Å²) in [6, 6.07) is 0. The predicted molar refractivity (Wildman–Crippen MR) is 80.6 cm³/mol. The molecule has 0 fully saturated rings. The van der Waals surface area contributed by atoms with Gasteiger partial charge in [0.15, 0.2) is 0 Å². The standard InChI is InChI=1S/C13H25N3O4S/c1-10-12(9-14)13(11(2)20-10)21(17,18)15-5-7-19-8-6-16(3)4/h15H,5-9,14H2,1-4H3. The molecule has 0 unspecified atom stereocenters. The van der Waals surface area contributed by atoms with Gasteiger partial charge in [0.05, 0.1) is 13.2 Å². The van der Waals surface area contributed by atoms with Gasteiger partial charge in [-0.25, -0.2) is 13.1 Å². The Morgan fingerprint density at radius 1 is 1.24 bits per heavy atom. The number of nitrogens with two attached hydrogens (primary N) is 1. The smallest absolute Gasteiger partial charge is 0.244 e. The highest BCUT2D eigenvalue weighted by Crippen LogP contribution is 2.25. The molecular weight excluding hydrogens is 294 g/mol. The summed E-state index contributed by atoms with van der Waals surface area (Å²) in [4.78, 5) is 2.14. The number of aryl methyl sites for hydroxylation is 2. The molecule has 0 atom stereocenters. The molecular formula is C13H25N3O4S. The zero-order chi connectivity index (χ0) is 16.0. The van der Waals surface area contributed by atoms with Crippen LogP contribution in [0.15, 0.2) is 9.31 Å². The number of rotatable bonds is 9. The molecule has 0 amide bonds. The van der Waals surface area contributed by atoms with Crippen LogP contribution in [0.5, 0.6) is 0 Å². The minimum Gasteiger partial charge on any atom is -0.465 e. The maximum atomic E-state index is 12.3. The van der Waals surface area contributed by atoms with Gasteiger partial charge in [-0.2, -0.15) is 0 Å². The van der Waals surface area contributed by atoms with Crippen molar-refractivity contribution in [3.8, 4) is 0 Å². The molecule has 8 heteroatoms. The summed E-state index contributed by atoms with van der Waals surface area (Å²) in [5, 5.41) is 0. The zero-order valence-electron chi connectivity index (χ0n) is 13.1. The number of hydrogen-bond donors (Lipinski definition) is 2. The Morgan fingerprint density at radius 3 is 2.48 bits per heavy atom. The molecule has 1 rings (SSSR count). The predicted octanol–water partition coefficient (Wildman–Crippen LogP) is 0.212. The molecule has 3 N–H and O–H groups in total. The van der Waals surface area contributed by atoms with E-state index in [2.05, 4.69) is 4.72 Å². The fraction of sp³-hybridized carbons (Fsp3) is 0.692. The first-order chi connectivity index (χ1) is 9.79. The lowest BCUT2D eigenvalue weighted by molar-refractivity contribution is 0.122. The summed E-state index contributed by atoms with van der Waals surface area (Å²) in [5.41, 5.74) is 6.12. The van der Waals surface area contributed by atoms with Crippen LogP contribution in [0.2, 0.25) is 0 Å². The van der Waals surface area contributed by atoms with E-state index in [0.717, 1.165) is 6.54 Å². The van der Waals surface area contributed by atoms with Crippen molar-refractivity contribution in [3.63, 3.8) is 0 Å². The van der Waals surface area contributed by atoms with Crippen LogP contribution in [-0.2, 0) is 21.3 Å². The Bertz CT molecular complexity index is 552. The third kappa shape index (κ3) is 5.08. The number of ether oxygens (including phenoxy) is 1. The van der Waals surface area contributed by atoms with Crippen LogP contribution in [0.25, 0.3) is 0 Å². The molecule has 0 bridgehead atoms. The van der Waals surface area contributed by atoms with Gasteiger partial charge in [0.25, 0.3) is 0 Å². The van der Waals surface area contributed by atoms with E-state index in [4.69, 9.17) is 14.9 Å². The Labute approximate surface area is 126 Å². The molecule has 0 saturated carbocycles. The SMILES string of the molecule is Cc1oc(C)c(S(=O)(=O)NCCOCCN(C)C)c1CN. The largest absolute Gasteiger partial charge is 0.465 e. The minimum atomic E-state index is -3.63. The normalized spacial score (nSPS) is 12.3. The van der Waals surface area contributed by atoms with Crippen molar-refractivity contribution >= 4 is 10.0 Å². The average Bonchev–Trinajstić information content (AvgIpc) is 2.68. The molecule has 0 saturated heterocycles. The fourth-order valence-electron chi connectivity index (χ4n) is 1.97. The van der Waals surface area contributed by atoms with Crippen molar-refractivity contribution in [2.75, 3.05) is 40.4 Å². The van der Waals surface area contributed by atoms with E-state index in [9.17, 15) is 8.42 Å². The van der Waals surface area contributed by atoms with Crippen molar-refractivity contribution in [1.82, 2.24) is 9.62 Å². The summed E-state index contributed by atoms with van der Waals surface area (Å²) in [6.07, 6.45) is 0. The summed E-state index contributed by atoms with van der Waals surface area (Å²) < 4.78 is 37.8. The molecule has 0 radical (unpaired) electrons. The second-order valence-corrected chi connectivity index (χ2v) is 6.74. The molecule has 0 aromatic carbocycles. The molecule has 21 heavy (non-hydrogen) atoms. The van der Waals surface area contributed by atoms with Crippen molar-refractivity contribution in [2.24, 2.45) is 5.73 Å². The second kappa shape index (κ2) is 7.90. The molecule has 1 aromatic heterocycles. The lowest BCUT2D eigenvalue weighted by atomic mass is 10.2. The maximum Gasteiger partial charge on any atom is 0.244 e. The minimum absolute atomic E-state index is 0.124. The Kier molecular flexibility index (Phi) is 6.82. The molecule has 0 spiro atoms. The van der Waals surface area contributed by atoms with Gasteiger partial charge < -0.3 is 19.8 Å². The molecule has 7 nitrogen and oxygen atoms in total. The highest BCUT2D eigenvalue weighted by Gasteiger charge is 2.25. The van der Waals surface area contributed by atoms with E-state index in [1.807, 2.05) is 19.0 Å². The van der Waals surface area contributed by atoms with Crippen molar-refractivity contribution in [3.05, 3.63) is 17.1 Å². The molecule has 0 aliphatic carbocycles. The number of furan rings is 1. The first kappa shape index (κ1) is 18.1. The lowest BCUT2D eigenvalue weighted by Gasteiger charge is -2.11. The van der Waals surface area contributed by atoms with Crippen LogP contribution < -0.4 is 10.5 Å². The second-order valence-electron chi connectivity index (χ2n) is 5.04. The van der Waals surface area contributed by atoms with Gasteiger partial charge in [-0.3, -0.25) is 0 Å². The van der Waals surface area contributed by atoms with Crippen molar-refractivity contribution in [2.45, 2.75) is 25.3 Å². The van der Waals surface area contributed by atoms with Crippen LogP contribution in [-0.4, -0.2) is 53.7 Å². The van der Waals surface area contributed by atoms with Crippen molar-refractivity contribution in [1.29, 1.82) is 0 Å². The Hall–Kier alpha value is -0.930. The third-order valence-electron chi connectivity index (χ3n) is 3.02. The van der Waals surface area contributed by atoms with E-state index < -0.39 is 10.0 Å². The number of sulfonamides is 1. The lowest BCUT2D eigenvalue weighted by Crippen LogP contribution is -2.29.